The summed E-state index contributed by atoms with van der Waals surface area (Å²) in [5, 5.41) is 18.0. The third-order valence-electron chi connectivity index (χ3n) is 2.32. The highest BCUT2D eigenvalue weighted by Crippen LogP contribution is 2.12. The van der Waals surface area contributed by atoms with Crippen molar-refractivity contribution in [1.82, 2.24) is 0 Å². The number of hydrogen-bond donors (Lipinski definition) is 3. The highest BCUT2D eigenvalue weighted by molar-refractivity contribution is 5.27. The topological polar surface area (TPSA) is 75.7 Å². The number of aliphatic hydroxyl groups excluding tert-OH is 2. The van der Waals surface area contributed by atoms with Crippen molar-refractivity contribution in [3.63, 3.8) is 0 Å². The quantitative estimate of drug-likeness (QED) is 0.624. The number of nitrogens with two attached hydrogens (primary N) is 1. The fourth-order valence-electron chi connectivity index (χ4n) is 1.31. The van der Waals surface area contributed by atoms with Gasteiger partial charge >= 0.3 is 0 Å². The van der Waals surface area contributed by atoms with Gasteiger partial charge in [0.15, 0.2) is 0 Å². The van der Waals surface area contributed by atoms with Crippen LogP contribution in [0.3, 0.4) is 0 Å². The van der Waals surface area contributed by atoms with E-state index in [-0.39, 0.29) is 13.2 Å². The number of benzene rings is 1. The predicted molar refractivity (Wildman–Crippen MR) is 62.4 cm³/mol. The Hall–Kier alpha value is -1.10. The average Bonchev–Trinajstić information content (AvgIpc) is 2.31. The predicted octanol–water partition coefficient (Wildman–Crippen LogP) is 0.310. The Balaban J connectivity index is 2.31. The van der Waals surface area contributed by atoms with E-state index in [4.69, 9.17) is 15.6 Å². The van der Waals surface area contributed by atoms with E-state index in [1.165, 1.54) is 0 Å². The Morgan fingerprint density at radius 3 is 2.50 bits per heavy atom. The van der Waals surface area contributed by atoms with E-state index < -0.39 is 6.10 Å². The molecule has 90 valence electrons. The molecule has 1 atom stereocenters. The molecule has 4 heteroatoms. The molecule has 0 saturated carbocycles. The molecule has 0 radical (unpaired) electrons. The van der Waals surface area contributed by atoms with E-state index in [0.29, 0.717) is 19.4 Å². The molecule has 0 aliphatic carbocycles. The molecule has 0 aliphatic rings. The molecule has 4 nitrogen and oxygen atoms in total. The van der Waals surface area contributed by atoms with Crippen molar-refractivity contribution in [3.05, 3.63) is 29.8 Å². The lowest BCUT2D eigenvalue weighted by atomic mass is 10.1. The van der Waals surface area contributed by atoms with E-state index in [1.807, 2.05) is 24.3 Å². The van der Waals surface area contributed by atoms with E-state index in [1.54, 1.807) is 0 Å². The van der Waals surface area contributed by atoms with Gasteiger partial charge in [0, 0.05) is 19.6 Å². The fourth-order valence-corrected chi connectivity index (χ4v) is 1.31. The Bertz CT molecular complexity index is 287. The molecule has 0 bridgehead atoms. The minimum Gasteiger partial charge on any atom is -0.493 e. The van der Waals surface area contributed by atoms with Crippen molar-refractivity contribution >= 4 is 0 Å². The van der Waals surface area contributed by atoms with Crippen LogP contribution in [0.4, 0.5) is 0 Å². The van der Waals surface area contributed by atoms with Crippen LogP contribution in [0.5, 0.6) is 5.75 Å². The second kappa shape index (κ2) is 7.22. The molecule has 4 N–H and O–H groups in total. The average molecular weight is 225 g/mol. The molecule has 0 fully saturated rings. The van der Waals surface area contributed by atoms with Crippen molar-refractivity contribution in [2.45, 2.75) is 18.9 Å². The van der Waals surface area contributed by atoms with Gasteiger partial charge in [-0.25, -0.2) is 0 Å². The minimum absolute atomic E-state index is 0.156. The van der Waals surface area contributed by atoms with Gasteiger partial charge in [-0.3, -0.25) is 0 Å². The lowest BCUT2D eigenvalue weighted by molar-refractivity contribution is 0.146. The molecule has 1 rings (SSSR count). The Morgan fingerprint density at radius 2 is 1.94 bits per heavy atom. The zero-order valence-electron chi connectivity index (χ0n) is 9.30. The summed E-state index contributed by atoms with van der Waals surface area (Å²) in [6.07, 6.45) is 0.704. The van der Waals surface area contributed by atoms with Crippen LogP contribution in [0.2, 0.25) is 0 Å². The van der Waals surface area contributed by atoms with Crippen molar-refractivity contribution in [2.75, 3.05) is 19.8 Å². The van der Waals surface area contributed by atoms with Gasteiger partial charge in [-0.05, 0) is 24.1 Å². The number of ether oxygens (including phenoxy) is 1. The summed E-state index contributed by atoms with van der Waals surface area (Å²) < 4.78 is 5.43. The van der Waals surface area contributed by atoms with Crippen molar-refractivity contribution in [3.8, 4) is 5.75 Å². The maximum atomic E-state index is 9.22. The van der Waals surface area contributed by atoms with Gasteiger partial charge in [0.05, 0.1) is 12.7 Å². The van der Waals surface area contributed by atoms with E-state index in [9.17, 15) is 5.11 Å². The van der Waals surface area contributed by atoms with E-state index in [0.717, 1.165) is 11.3 Å². The monoisotopic (exact) mass is 225 g/mol. The first-order valence-electron chi connectivity index (χ1n) is 5.47. The summed E-state index contributed by atoms with van der Waals surface area (Å²) in [6, 6.07) is 7.56. The van der Waals surface area contributed by atoms with Crippen molar-refractivity contribution < 1.29 is 14.9 Å². The van der Waals surface area contributed by atoms with E-state index >= 15 is 0 Å². The summed E-state index contributed by atoms with van der Waals surface area (Å²) in [5.74, 6) is 0.769. The zero-order chi connectivity index (χ0) is 11.8. The molecule has 0 amide bonds. The van der Waals surface area contributed by atoms with Crippen LogP contribution in [0.1, 0.15) is 12.0 Å². The number of rotatable bonds is 7. The zero-order valence-corrected chi connectivity index (χ0v) is 9.30. The highest BCUT2D eigenvalue weighted by atomic mass is 16.5. The molecule has 1 aromatic carbocycles. The first-order valence-corrected chi connectivity index (χ1v) is 5.47. The first kappa shape index (κ1) is 13.0. The number of aliphatic hydroxyl groups is 2. The van der Waals surface area contributed by atoms with Gasteiger partial charge < -0.3 is 20.7 Å². The molecule has 0 aliphatic heterocycles. The SMILES string of the molecule is NCC(O)CCOc1ccc(CCO)cc1. The third-order valence-corrected chi connectivity index (χ3v) is 2.32. The summed E-state index contributed by atoms with van der Waals surface area (Å²) in [5.41, 5.74) is 6.36. The third kappa shape index (κ3) is 4.61. The molecule has 0 spiro atoms. The Morgan fingerprint density at radius 1 is 1.25 bits per heavy atom. The maximum Gasteiger partial charge on any atom is 0.119 e. The summed E-state index contributed by atoms with van der Waals surface area (Å²) in [7, 11) is 0. The maximum absolute atomic E-state index is 9.22. The largest absolute Gasteiger partial charge is 0.493 e. The van der Waals surface area contributed by atoms with Crippen LogP contribution in [0.15, 0.2) is 24.3 Å². The minimum atomic E-state index is -0.492. The molecular formula is C12H19NO3. The van der Waals surface area contributed by atoms with Crippen LogP contribution in [0, 0.1) is 0 Å². The lowest BCUT2D eigenvalue weighted by Gasteiger charge is -2.09. The molecule has 0 saturated heterocycles. The van der Waals surface area contributed by atoms with Crippen molar-refractivity contribution in [2.24, 2.45) is 5.73 Å². The van der Waals surface area contributed by atoms with E-state index in [2.05, 4.69) is 0 Å². The Kier molecular flexibility index (Phi) is 5.85. The highest BCUT2D eigenvalue weighted by Gasteiger charge is 2.01. The summed E-state index contributed by atoms with van der Waals surface area (Å²) >= 11 is 0. The fraction of sp³-hybridized carbons (Fsp3) is 0.500. The second-order valence-electron chi connectivity index (χ2n) is 3.64. The first-order chi connectivity index (χ1) is 7.76. The smallest absolute Gasteiger partial charge is 0.119 e. The normalized spacial score (nSPS) is 12.4. The summed E-state index contributed by atoms with van der Waals surface area (Å²) in [4.78, 5) is 0. The second-order valence-corrected chi connectivity index (χ2v) is 3.64. The molecule has 1 aromatic rings. The molecule has 0 heterocycles. The van der Waals surface area contributed by atoms with Gasteiger partial charge in [0.25, 0.3) is 0 Å². The van der Waals surface area contributed by atoms with Gasteiger partial charge in [0.2, 0.25) is 0 Å². The molecule has 16 heavy (non-hydrogen) atoms. The molecular weight excluding hydrogens is 206 g/mol. The standard InChI is InChI=1S/C12H19NO3/c13-9-11(15)6-8-16-12-3-1-10(2-4-12)5-7-14/h1-4,11,14-15H,5-9,13H2. The van der Waals surface area contributed by atoms with Gasteiger partial charge in [0.1, 0.15) is 5.75 Å². The van der Waals surface area contributed by atoms with Crippen LogP contribution in [-0.4, -0.2) is 36.1 Å². The van der Waals surface area contributed by atoms with Crippen LogP contribution < -0.4 is 10.5 Å². The number of hydrogen-bond acceptors (Lipinski definition) is 4. The molecule has 1 unspecified atom stereocenters. The van der Waals surface area contributed by atoms with Gasteiger partial charge in [-0.1, -0.05) is 12.1 Å². The van der Waals surface area contributed by atoms with Gasteiger partial charge in [-0.2, -0.15) is 0 Å². The Labute approximate surface area is 95.7 Å². The molecule has 0 aromatic heterocycles. The van der Waals surface area contributed by atoms with Crippen LogP contribution in [-0.2, 0) is 6.42 Å². The lowest BCUT2D eigenvalue weighted by Crippen LogP contribution is -2.21. The van der Waals surface area contributed by atoms with Gasteiger partial charge in [-0.15, -0.1) is 0 Å². The summed E-state index contributed by atoms with van der Waals surface area (Å²) in [6.45, 7) is 0.874. The van der Waals surface area contributed by atoms with Crippen LogP contribution >= 0.6 is 0 Å². The van der Waals surface area contributed by atoms with Crippen LogP contribution in [0.25, 0.3) is 0 Å². The van der Waals surface area contributed by atoms with Crippen molar-refractivity contribution in [1.29, 1.82) is 0 Å².